The average molecular weight is 364 g/mol. The van der Waals surface area contributed by atoms with E-state index in [-0.39, 0.29) is 25.0 Å². The molecule has 3 aromatic rings. The van der Waals surface area contributed by atoms with Gasteiger partial charge in [-0.15, -0.1) is 0 Å². The maximum Gasteiger partial charge on any atom is 0.308 e. The van der Waals surface area contributed by atoms with Crippen LogP contribution in [0.1, 0.15) is 29.5 Å². The highest BCUT2D eigenvalue weighted by molar-refractivity contribution is 5.94. The van der Waals surface area contributed by atoms with E-state index in [0.717, 1.165) is 5.39 Å². The lowest BCUT2D eigenvalue weighted by molar-refractivity contribution is -0.145. The predicted octanol–water partition coefficient (Wildman–Crippen LogP) is 2.46. The molecule has 1 unspecified atom stereocenters. The summed E-state index contributed by atoms with van der Waals surface area (Å²) in [4.78, 5) is 32.6. The van der Waals surface area contributed by atoms with E-state index in [4.69, 9.17) is 10.5 Å². The van der Waals surface area contributed by atoms with Crippen LogP contribution < -0.4 is 11.1 Å². The Kier molecular flexibility index (Phi) is 5.61. The summed E-state index contributed by atoms with van der Waals surface area (Å²) < 4.78 is 5.22. The number of fused-ring (bicyclic) bond motifs is 1. The molecule has 1 heterocycles. The first-order chi connectivity index (χ1) is 13.0. The number of nitrogen functional groups attached to an aromatic ring is 1. The van der Waals surface area contributed by atoms with E-state index in [9.17, 15) is 9.59 Å². The van der Waals surface area contributed by atoms with Crippen LogP contribution in [0.25, 0.3) is 10.9 Å². The lowest BCUT2D eigenvalue weighted by Crippen LogP contribution is -2.34. The molecule has 0 bridgehead atoms. The number of para-hydroxylation sites is 1. The zero-order valence-corrected chi connectivity index (χ0v) is 14.9. The van der Waals surface area contributed by atoms with Gasteiger partial charge in [0.15, 0.2) is 12.4 Å². The summed E-state index contributed by atoms with van der Waals surface area (Å²) in [6.07, 6.45) is 0.0433. The van der Waals surface area contributed by atoms with Crippen LogP contribution in [-0.4, -0.2) is 27.9 Å². The SMILES string of the molecule is CC(CC(=O)OCc1nc(N)c2ccccc2n1)NC(=O)c1ccccc1. The maximum atomic E-state index is 12.1. The largest absolute Gasteiger partial charge is 0.457 e. The molecule has 3 rings (SSSR count). The zero-order chi connectivity index (χ0) is 19.2. The Morgan fingerprint density at radius 2 is 1.78 bits per heavy atom. The van der Waals surface area contributed by atoms with Gasteiger partial charge in [-0.25, -0.2) is 9.97 Å². The fourth-order valence-corrected chi connectivity index (χ4v) is 2.62. The summed E-state index contributed by atoms with van der Waals surface area (Å²) in [5.74, 6) is -0.0107. The first kappa shape index (κ1) is 18.3. The van der Waals surface area contributed by atoms with Gasteiger partial charge in [0.1, 0.15) is 5.82 Å². The monoisotopic (exact) mass is 364 g/mol. The Morgan fingerprint density at radius 3 is 2.56 bits per heavy atom. The van der Waals surface area contributed by atoms with Crippen molar-refractivity contribution in [2.75, 3.05) is 5.73 Å². The first-order valence-corrected chi connectivity index (χ1v) is 8.55. The second-order valence-electron chi connectivity index (χ2n) is 6.15. The minimum atomic E-state index is -0.453. The number of carbonyl (C=O) groups is 2. The summed E-state index contributed by atoms with van der Waals surface area (Å²) in [5, 5.41) is 3.52. The molecule has 0 aliphatic rings. The van der Waals surface area contributed by atoms with Crippen LogP contribution in [0.2, 0.25) is 0 Å². The van der Waals surface area contributed by atoms with Gasteiger partial charge in [0, 0.05) is 17.0 Å². The molecule has 7 nitrogen and oxygen atoms in total. The molecule has 3 N–H and O–H groups in total. The van der Waals surface area contributed by atoms with Crippen LogP contribution in [0, 0.1) is 0 Å². The maximum absolute atomic E-state index is 12.1. The van der Waals surface area contributed by atoms with Crippen LogP contribution in [0.5, 0.6) is 0 Å². The second kappa shape index (κ2) is 8.27. The number of hydrogen-bond donors (Lipinski definition) is 2. The van der Waals surface area contributed by atoms with E-state index in [0.29, 0.717) is 22.7 Å². The van der Waals surface area contributed by atoms with E-state index in [1.54, 1.807) is 31.2 Å². The molecular weight excluding hydrogens is 344 g/mol. The van der Waals surface area contributed by atoms with Crippen LogP contribution in [0.4, 0.5) is 5.82 Å². The number of benzene rings is 2. The van der Waals surface area contributed by atoms with Gasteiger partial charge < -0.3 is 15.8 Å². The van der Waals surface area contributed by atoms with Crippen molar-refractivity contribution in [3.63, 3.8) is 0 Å². The van der Waals surface area contributed by atoms with Gasteiger partial charge >= 0.3 is 5.97 Å². The van der Waals surface area contributed by atoms with Crippen molar-refractivity contribution in [2.24, 2.45) is 0 Å². The van der Waals surface area contributed by atoms with E-state index in [1.165, 1.54) is 0 Å². The summed E-state index contributed by atoms with van der Waals surface area (Å²) in [6.45, 7) is 1.67. The lowest BCUT2D eigenvalue weighted by Gasteiger charge is -2.13. The highest BCUT2D eigenvalue weighted by Gasteiger charge is 2.15. The second-order valence-corrected chi connectivity index (χ2v) is 6.15. The number of hydrogen-bond acceptors (Lipinski definition) is 6. The van der Waals surface area contributed by atoms with E-state index < -0.39 is 5.97 Å². The number of esters is 1. The minimum absolute atomic E-state index is 0.0433. The number of aromatic nitrogens is 2. The Hall–Kier alpha value is -3.48. The molecule has 138 valence electrons. The van der Waals surface area contributed by atoms with Crippen molar-refractivity contribution in [2.45, 2.75) is 26.0 Å². The number of nitrogens with two attached hydrogens (primary N) is 1. The third-order valence-corrected chi connectivity index (χ3v) is 3.93. The number of carbonyl (C=O) groups excluding carboxylic acids is 2. The van der Waals surface area contributed by atoms with E-state index in [2.05, 4.69) is 15.3 Å². The molecule has 0 aliphatic heterocycles. The molecule has 2 aromatic carbocycles. The summed E-state index contributed by atoms with van der Waals surface area (Å²) in [6, 6.07) is 15.8. The third-order valence-electron chi connectivity index (χ3n) is 3.93. The number of ether oxygens (including phenoxy) is 1. The first-order valence-electron chi connectivity index (χ1n) is 8.55. The quantitative estimate of drug-likeness (QED) is 0.651. The number of nitrogens with zero attached hydrogens (tertiary/aromatic N) is 2. The highest BCUT2D eigenvalue weighted by Crippen LogP contribution is 2.17. The van der Waals surface area contributed by atoms with Crippen LogP contribution in [0.3, 0.4) is 0 Å². The van der Waals surface area contributed by atoms with Crippen molar-refractivity contribution in [3.05, 3.63) is 66.0 Å². The van der Waals surface area contributed by atoms with E-state index >= 15 is 0 Å². The average Bonchev–Trinajstić information content (AvgIpc) is 2.67. The topological polar surface area (TPSA) is 107 Å². The fourth-order valence-electron chi connectivity index (χ4n) is 2.62. The fraction of sp³-hybridized carbons (Fsp3) is 0.200. The highest BCUT2D eigenvalue weighted by atomic mass is 16.5. The number of anilines is 1. The molecule has 1 aromatic heterocycles. The Bertz CT molecular complexity index is 960. The minimum Gasteiger partial charge on any atom is -0.457 e. The van der Waals surface area contributed by atoms with Gasteiger partial charge in [0.25, 0.3) is 5.91 Å². The van der Waals surface area contributed by atoms with Crippen molar-refractivity contribution in [3.8, 4) is 0 Å². The molecular formula is C20H20N4O3. The Labute approximate surface area is 156 Å². The Balaban J connectivity index is 1.53. The van der Waals surface area contributed by atoms with Gasteiger partial charge in [0.2, 0.25) is 0 Å². The summed E-state index contributed by atoms with van der Waals surface area (Å²) in [5.41, 5.74) is 7.15. The van der Waals surface area contributed by atoms with Crippen LogP contribution >= 0.6 is 0 Å². The zero-order valence-electron chi connectivity index (χ0n) is 14.9. The van der Waals surface area contributed by atoms with Crippen molar-refractivity contribution in [1.82, 2.24) is 15.3 Å². The van der Waals surface area contributed by atoms with Crippen LogP contribution in [0.15, 0.2) is 54.6 Å². The molecule has 0 saturated carbocycles. The molecule has 1 amide bonds. The van der Waals surface area contributed by atoms with Gasteiger partial charge in [-0.2, -0.15) is 0 Å². The third kappa shape index (κ3) is 4.78. The molecule has 0 saturated heterocycles. The lowest BCUT2D eigenvalue weighted by atomic mass is 10.2. The summed E-state index contributed by atoms with van der Waals surface area (Å²) >= 11 is 0. The van der Waals surface area contributed by atoms with Gasteiger partial charge in [0.05, 0.1) is 11.9 Å². The summed E-state index contributed by atoms with van der Waals surface area (Å²) in [7, 11) is 0. The van der Waals surface area contributed by atoms with Crippen LogP contribution in [-0.2, 0) is 16.1 Å². The normalized spacial score (nSPS) is 11.7. The van der Waals surface area contributed by atoms with Gasteiger partial charge in [-0.05, 0) is 31.2 Å². The predicted molar refractivity (Wildman–Crippen MR) is 102 cm³/mol. The van der Waals surface area contributed by atoms with Crippen molar-refractivity contribution >= 4 is 28.6 Å². The molecule has 0 aliphatic carbocycles. The number of nitrogens with one attached hydrogen (secondary N) is 1. The number of rotatable bonds is 6. The standard InChI is InChI=1S/C20H20N4O3/c1-13(22-20(26)14-7-3-2-4-8-14)11-18(25)27-12-17-23-16-10-6-5-9-15(16)19(21)24-17/h2-10,13H,11-12H2,1H3,(H,22,26)(H2,21,23,24). The smallest absolute Gasteiger partial charge is 0.308 e. The van der Waals surface area contributed by atoms with Gasteiger partial charge in [-0.1, -0.05) is 30.3 Å². The molecule has 0 spiro atoms. The molecule has 7 heteroatoms. The van der Waals surface area contributed by atoms with Crippen molar-refractivity contribution < 1.29 is 14.3 Å². The molecule has 0 fully saturated rings. The van der Waals surface area contributed by atoms with E-state index in [1.807, 2.05) is 30.3 Å². The van der Waals surface area contributed by atoms with Crippen molar-refractivity contribution in [1.29, 1.82) is 0 Å². The molecule has 27 heavy (non-hydrogen) atoms. The number of amides is 1. The Morgan fingerprint density at radius 1 is 1.07 bits per heavy atom. The molecule has 1 atom stereocenters. The van der Waals surface area contributed by atoms with Gasteiger partial charge in [-0.3, -0.25) is 9.59 Å². The molecule has 0 radical (unpaired) electrons.